The molecule has 0 saturated carbocycles. The van der Waals surface area contributed by atoms with Gasteiger partial charge in [0.05, 0.1) is 13.3 Å². The molecule has 4 rings (SSSR count). The van der Waals surface area contributed by atoms with Gasteiger partial charge in [0.1, 0.15) is 5.75 Å². The monoisotopic (exact) mass is 392 g/mol. The van der Waals surface area contributed by atoms with Crippen molar-refractivity contribution in [2.24, 2.45) is 0 Å². The Labute approximate surface area is 171 Å². The topological polar surface area (TPSA) is 69.9 Å². The summed E-state index contributed by atoms with van der Waals surface area (Å²) >= 11 is 0. The fraction of sp³-hybridized carbons (Fsp3) is 0.391. The number of aryl methyl sites for hydroxylation is 1. The van der Waals surface area contributed by atoms with E-state index in [0.29, 0.717) is 11.9 Å². The molecule has 0 fully saturated rings. The predicted octanol–water partition coefficient (Wildman–Crippen LogP) is 3.95. The first kappa shape index (κ1) is 20.7. The third-order valence-corrected chi connectivity index (χ3v) is 5.32. The van der Waals surface area contributed by atoms with Crippen molar-refractivity contribution in [1.29, 1.82) is 0 Å². The summed E-state index contributed by atoms with van der Waals surface area (Å²) < 4.78 is 6.76. The van der Waals surface area contributed by atoms with Crippen molar-refractivity contribution < 1.29 is 4.74 Å². The molecule has 3 aromatic rings. The summed E-state index contributed by atoms with van der Waals surface area (Å²) in [6.07, 6.45) is 7.64. The summed E-state index contributed by atoms with van der Waals surface area (Å²) in [4.78, 5) is 21.4. The summed E-state index contributed by atoms with van der Waals surface area (Å²) in [6, 6.07) is 6.17. The number of nitrogens with zero attached hydrogens (tertiary/aromatic N) is 4. The fourth-order valence-corrected chi connectivity index (χ4v) is 3.85. The quantitative estimate of drug-likeness (QED) is 0.675. The highest BCUT2D eigenvalue weighted by Gasteiger charge is 2.25. The molecule has 1 aliphatic rings. The second-order valence-corrected chi connectivity index (χ2v) is 7.04. The number of hydrogen-bond donors (Lipinski definition) is 0. The number of benzene rings is 1. The number of hydrogen-bond acceptors (Lipinski definition) is 5. The molecule has 1 aromatic carbocycles. The van der Waals surface area contributed by atoms with Crippen LogP contribution in [0.2, 0.25) is 0 Å². The Kier molecular flexibility index (Phi) is 6.42. The third-order valence-electron chi connectivity index (χ3n) is 5.32. The van der Waals surface area contributed by atoms with Crippen LogP contribution < -0.4 is 10.3 Å². The Morgan fingerprint density at radius 2 is 1.83 bits per heavy atom. The van der Waals surface area contributed by atoms with Gasteiger partial charge in [0.2, 0.25) is 0 Å². The van der Waals surface area contributed by atoms with Gasteiger partial charge in [-0.2, -0.15) is 9.78 Å². The maximum Gasteiger partial charge on any atom is 0.277 e. The minimum absolute atomic E-state index is 0.114. The van der Waals surface area contributed by atoms with E-state index < -0.39 is 0 Å². The van der Waals surface area contributed by atoms with Crippen LogP contribution in [-0.4, -0.2) is 26.9 Å². The summed E-state index contributed by atoms with van der Waals surface area (Å²) in [5.41, 5.74) is 5.13. The molecule has 1 unspecified atom stereocenters. The lowest BCUT2D eigenvalue weighted by Crippen LogP contribution is -2.30. The fourth-order valence-electron chi connectivity index (χ4n) is 3.85. The number of methoxy groups -OCH3 is 1. The summed E-state index contributed by atoms with van der Waals surface area (Å²) in [5, 5.41) is 4.33. The lowest BCUT2D eigenvalue weighted by Gasteiger charge is -2.26. The van der Waals surface area contributed by atoms with Gasteiger partial charge in [0.25, 0.3) is 11.5 Å². The highest BCUT2D eigenvalue weighted by molar-refractivity contribution is 5.43. The van der Waals surface area contributed by atoms with Crippen LogP contribution in [0, 0.1) is 13.8 Å². The van der Waals surface area contributed by atoms with Crippen molar-refractivity contribution in [1.82, 2.24) is 19.7 Å². The van der Waals surface area contributed by atoms with Gasteiger partial charge in [0.15, 0.2) is 0 Å². The van der Waals surface area contributed by atoms with E-state index in [1.54, 1.807) is 25.7 Å². The molecular weight excluding hydrogens is 364 g/mol. The van der Waals surface area contributed by atoms with Gasteiger partial charge in [-0.25, -0.2) is 9.97 Å². The van der Waals surface area contributed by atoms with Gasteiger partial charge < -0.3 is 4.74 Å². The van der Waals surface area contributed by atoms with Crippen molar-refractivity contribution in [2.75, 3.05) is 7.11 Å². The van der Waals surface area contributed by atoms with Gasteiger partial charge in [-0.05, 0) is 67.3 Å². The van der Waals surface area contributed by atoms with Gasteiger partial charge in [-0.3, -0.25) is 4.79 Å². The average molecular weight is 393 g/mol. The third kappa shape index (κ3) is 4.06. The number of rotatable bonds is 3. The molecule has 0 radical (unpaired) electrons. The summed E-state index contributed by atoms with van der Waals surface area (Å²) in [7, 11) is 1.70. The van der Waals surface area contributed by atoms with E-state index in [0.717, 1.165) is 41.7 Å². The Morgan fingerprint density at radius 1 is 1.10 bits per heavy atom. The molecule has 0 amide bonds. The normalized spacial score (nSPS) is 15.1. The average Bonchev–Trinajstić information content (AvgIpc) is 2.76. The molecular formula is C23H28N4O2. The lowest BCUT2D eigenvalue weighted by molar-refractivity contribution is 0.409. The van der Waals surface area contributed by atoms with Crippen molar-refractivity contribution in [3.05, 3.63) is 75.0 Å². The minimum atomic E-state index is -0.114. The first-order chi connectivity index (χ1) is 14.1. The Morgan fingerprint density at radius 3 is 2.52 bits per heavy atom. The maximum absolute atomic E-state index is 12.9. The standard InChI is InChI=1S/C21H22N4O2.C2H6/c1-13-10-22-21(23-11-13)25-20(26)18-8-7-15(9-16(18)12-24-25)17-5-4-6-19(27-3)14(17)2;1-2/h4-6,10-12,15H,7-9H2,1-3H3;1-2H3. The molecule has 29 heavy (non-hydrogen) atoms. The second kappa shape index (κ2) is 8.99. The van der Waals surface area contributed by atoms with E-state index in [1.165, 1.54) is 15.8 Å². The zero-order valence-electron chi connectivity index (χ0n) is 17.8. The number of ether oxygens (including phenoxy) is 1. The highest BCUT2D eigenvalue weighted by Crippen LogP contribution is 2.35. The number of aromatic nitrogens is 4. The maximum atomic E-state index is 12.9. The van der Waals surface area contributed by atoms with Crippen molar-refractivity contribution in [3.8, 4) is 11.7 Å². The molecule has 1 aliphatic carbocycles. The molecule has 1 atom stereocenters. The van der Waals surface area contributed by atoms with Crippen molar-refractivity contribution in [3.63, 3.8) is 0 Å². The van der Waals surface area contributed by atoms with Gasteiger partial charge in [-0.1, -0.05) is 26.0 Å². The number of fused-ring (bicyclic) bond motifs is 1. The van der Waals surface area contributed by atoms with Crippen molar-refractivity contribution >= 4 is 0 Å². The van der Waals surface area contributed by atoms with Crippen LogP contribution in [0.3, 0.4) is 0 Å². The first-order valence-corrected chi connectivity index (χ1v) is 10.1. The zero-order valence-corrected chi connectivity index (χ0v) is 17.8. The van der Waals surface area contributed by atoms with E-state index in [1.807, 2.05) is 32.9 Å². The largest absolute Gasteiger partial charge is 0.496 e. The molecule has 2 heterocycles. The SMILES string of the molecule is CC.COc1cccc(C2CCc3c(cnn(-c4ncc(C)cn4)c3=O)C2)c1C. The predicted molar refractivity (Wildman–Crippen MR) is 114 cm³/mol. The smallest absolute Gasteiger partial charge is 0.277 e. The van der Waals surface area contributed by atoms with Crippen LogP contribution in [0.4, 0.5) is 0 Å². The van der Waals surface area contributed by atoms with E-state index in [4.69, 9.17) is 4.74 Å². The molecule has 0 N–H and O–H groups in total. The molecule has 0 bridgehead atoms. The zero-order chi connectivity index (χ0) is 21.0. The van der Waals surface area contributed by atoms with E-state index in [9.17, 15) is 4.79 Å². The highest BCUT2D eigenvalue weighted by atomic mass is 16.5. The lowest BCUT2D eigenvalue weighted by atomic mass is 9.79. The van der Waals surface area contributed by atoms with Crippen LogP contribution in [0.25, 0.3) is 5.95 Å². The summed E-state index contributed by atoms with van der Waals surface area (Å²) in [5.74, 6) is 1.59. The molecule has 6 nitrogen and oxygen atoms in total. The first-order valence-electron chi connectivity index (χ1n) is 10.1. The molecule has 0 spiro atoms. The molecule has 6 heteroatoms. The minimum Gasteiger partial charge on any atom is -0.496 e. The molecule has 152 valence electrons. The van der Waals surface area contributed by atoms with Crippen LogP contribution in [0.5, 0.6) is 5.75 Å². The van der Waals surface area contributed by atoms with Crippen LogP contribution in [0.15, 0.2) is 41.6 Å². The summed E-state index contributed by atoms with van der Waals surface area (Å²) in [6.45, 7) is 8.00. The second-order valence-electron chi connectivity index (χ2n) is 7.04. The van der Waals surface area contributed by atoms with E-state index >= 15 is 0 Å². The van der Waals surface area contributed by atoms with Gasteiger partial charge in [0, 0.05) is 18.0 Å². The Hall–Kier alpha value is -3.02. The Bertz CT molecular complexity index is 1040. The van der Waals surface area contributed by atoms with Crippen LogP contribution >= 0.6 is 0 Å². The molecule has 0 aliphatic heterocycles. The van der Waals surface area contributed by atoms with Gasteiger partial charge in [-0.15, -0.1) is 0 Å². The van der Waals surface area contributed by atoms with Crippen LogP contribution in [-0.2, 0) is 12.8 Å². The van der Waals surface area contributed by atoms with Crippen LogP contribution in [0.1, 0.15) is 54.0 Å². The van der Waals surface area contributed by atoms with E-state index in [-0.39, 0.29) is 5.56 Å². The molecule has 0 saturated heterocycles. The Balaban J connectivity index is 0.00000117. The van der Waals surface area contributed by atoms with E-state index in [2.05, 4.69) is 28.1 Å². The molecule has 2 aromatic heterocycles. The van der Waals surface area contributed by atoms with Crippen molar-refractivity contribution in [2.45, 2.75) is 52.9 Å². The van der Waals surface area contributed by atoms with Gasteiger partial charge >= 0.3 is 0 Å².